The highest BCUT2D eigenvalue weighted by molar-refractivity contribution is 7.21. The predicted octanol–water partition coefficient (Wildman–Crippen LogP) is 5.34. The van der Waals surface area contributed by atoms with Gasteiger partial charge in [0.05, 0.1) is 10.2 Å². The van der Waals surface area contributed by atoms with Crippen LogP contribution in [0, 0.1) is 0 Å². The van der Waals surface area contributed by atoms with E-state index in [-0.39, 0.29) is 0 Å². The molecule has 0 N–H and O–H groups in total. The number of benzene rings is 2. The molecule has 0 fully saturated rings. The van der Waals surface area contributed by atoms with E-state index in [1.165, 1.54) is 0 Å². The van der Waals surface area contributed by atoms with Crippen molar-refractivity contribution in [3.05, 3.63) is 47.5 Å². The van der Waals surface area contributed by atoms with Gasteiger partial charge in [0.25, 0.3) is 0 Å². The first-order valence-electron chi connectivity index (χ1n) is 8.21. The van der Waals surface area contributed by atoms with Gasteiger partial charge in [-0.05, 0) is 55.6 Å². The molecule has 0 radical (unpaired) electrons. The van der Waals surface area contributed by atoms with E-state index in [0.717, 1.165) is 51.2 Å². The third-order valence-electron chi connectivity index (χ3n) is 4.02. The molecule has 0 atom stereocenters. The summed E-state index contributed by atoms with van der Waals surface area (Å²) in [7, 11) is 0. The number of rotatable bonds is 7. The number of fused-ring (bicyclic) bond motifs is 1. The summed E-state index contributed by atoms with van der Waals surface area (Å²) in [4.78, 5) is 7.02. The minimum absolute atomic E-state index is 0.709. The molecule has 3 rings (SSSR count). The molecule has 0 saturated carbocycles. The summed E-state index contributed by atoms with van der Waals surface area (Å²) in [6.07, 6.45) is 0. The van der Waals surface area contributed by atoms with Crippen LogP contribution in [0.1, 0.15) is 13.8 Å². The molecule has 126 valence electrons. The Bertz CT molecular complexity index is 797. The van der Waals surface area contributed by atoms with Crippen LogP contribution in [-0.4, -0.2) is 36.1 Å². The van der Waals surface area contributed by atoms with E-state index in [1.807, 2.05) is 30.3 Å². The minimum Gasteiger partial charge on any atom is -0.492 e. The molecular weight excluding hydrogens is 340 g/mol. The number of aromatic nitrogens is 1. The van der Waals surface area contributed by atoms with E-state index in [1.54, 1.807) is 11.3 Å². The first-order chi connectivity index (χ1) is 11.7. The fourth-order valence-electron chi connectivity index (χ4n) is 2.55. The molecule has 0 spiro atoms. The van der Waals surface area contributed by atoms with Crippen LogP contribution in [-0.2, 0) is 0 Å². The van der Waals surface area contributed by atoms with Gasteiger partial charge in [0, 0.05) is 17.1 Å². The van der Waals surface area contributed by atoms with Gasteiger partial charge in [-0.1, -0.05) is 25.4 Å². The number of halogens is 1. The molecule has 0 aliphatic carbocycles. The number of hydrogen-bond donors (Lipinski definition) is 0. The topological polar surface area (TPSA) is 25.4 Å². The number of nitrogens with zero attached hydrogens (tertiary/aromatic N) is 2. The van der Waals surface area contributed by atoms with Crippen LogP contribution in [0.4, 0.5) is 0 Å². The highest BCUT2D eigenvalue weighted by atomic mass is 35.5. The van der Waals surface area contributed by atoms with Crippen LogP contribution in [0.25, 0.3) is 20.8 Å². The fourth-order valence-corrected chi connectivity index (χ4v) is 3.80. The summed E-state index contributed by atoms with van der Waals surface area (Å²) < 4.78 is 6.94. The lowest BCUT2D eigenvalue weighted by Crippen LogP contribution is -2.27. The van der Waals surface area contributed by atoms with Crippen LogP contribution >= 0.6 is 22.9 Å². The second-order valence-electron chi connectivity index (χ2n) is 5.53. The Morgan fingerprint density at radius 3 is 2.54 bits per heavy atom. The first-order valence-corrected chi connectivity index (χ1v) is 9.40. The Labute approximate surface area is 151 Å². The molecule has 0 bridgehead atoms. The van der Waals surface area contributed by atoms with Crippen LogP contribution in [0.3, 0.4) is 0 Å². The largest absolute Gasteiger partial charge is 0.492 e. The summed E-state index contributed by atoms with van der Waals surface area (Å²) >= 11 is 7.70. The molecule has 3 nitrogen and oxygen atoms in total. The number of thiazole rings is 1. The van der Waals surface area contributed by atoms with Gasteiger partial charge in [0.15, 0.2) is 0 Å². The summed E-state index contributed by atoms with van der Waals surface area (Å²) in [6.45, 7) is 8.11. The standard InChI is InChI=1S/C19H21ClN2OS/c1-3-22(4-2)11-12-23-16-8-5-14(6-9-16)19-21-17-10-7-15(20)13-18(17)24-19/h5-10,13H,3-4,11-12H2,1-2H3. The molecule has 1 aromatic heterocycles. The molecule has 0 unspecified atom stereocenters. The van der Waals surface area contributed by atoms with Crippen molar-refractivity contribution in [3.8, 4) is 16.3 Å². The summed E-state index contributed by atoms with van der Waals surface area (Å²) in [5, 5.41) is 1.75. The summed E-state index contributed by atoms with van der Waals surface area (Å²) in [6, 6.07) is 13.9. The van der Waals surface area contributed by atoms with Crippen LogP contribution in [0.5, 0.6) is 5.75 Å². The molecule has 5 heteroatoms. The Morgan fingerprint density at radius 2 is 1.83 bits per heavy atom. The first kappa shape index (κ1) is 17.2. The average Bonchev–Trinajstić information content (AvgIpc) is 3.02. The average molecular weight is 361 g/mol. The van der Waals surface area contributed by atoms with Crippen LogP contribution < -0.4 is 4.74 Å². The van der Waals surface area contributed by atoms with Crippen molar-refractivity contribution in [2.45, 2.75) is 13.8 Å². The smallest absolute Gasteiger partial charge is 0.124 e. The second-order valence-corrected chi connectivity index (χ2v) is 7.00. The monoisotopic (exact) mass is 360 g/mol. The van der Waals surface area contributed by atoms with Gasteiger partial charge in [-0.15, -0.1) is 11.3 Å². The van der Waals surface area contributed by atoms with E-state index >= 15 is 0 Å². The SMILES string of the molecule is CCN(CC)CCOc1ccc(-c2nc3ccc(Cl)cc3s2)cc1. The van der Waals surface area contributed by atoms with E-state index < -0.39 is 0 Å². The molecule has 0 aliphatic rings. The maximum atomic E-state index is 6.05. The molecule has 1 heterocycles. The maximum Gasteiger partial charge on any atom is 0.124 e. The Kier molecular flexibility index (Phi) is 5.72. The molecule has 0 saturated heterocycles. The lowest BCUT2D eigenvalue weighted by molar-refractivity contribution is 0.223. The maximum absolute atomic E-state index is 6.05. The van der Waals surface area contributed by atoms with Crippen molar-refractivity contribution in [2.24, 2.45) is 0 Å². The van der Waals surface area contributed by atoms with E-state index in [9.17, 15) is 0 Å². The zero-order valence-corrected chi connectivity index (χ0v) is 15.5. The zero-order valence-electron chi connectivity index (χ0n) is 14.0. The third kappa shape index (κ3) is 4.07. The summed E-state index contributed by atoms with van der Waals surface area (Å²) in [5.41, 5.74) is 2.09. The normalized spacial score (nSPS) is 11.3. The molecule has 0 aliphatic heterocycles. The summed E-state index contributed by atoms with van der Waals surface area (Å²) in [5.74, 6) is 0.898. The number of ether oxygens (including phenoxy) is 1. The van der Waals surface area contributed by atoms with Crippen molar-refractivity contribution >= 4 is 33.2 Å². The van der Waals surface area contributed by atoms with E-state index in [0.29, 0.717) is 6.61 Å². The quantitative estimate of drug-likeness (QED) is 0.568. The van der Waals surface area contributed by atoms with Crippen LogP contribution in [0.15, 0.2) is 42.5 Å². The molecule has 2 aromatic carbocycles. The highest BCUT2D eigenvalue weighted by Gasteiger charge is 2.07. The minimum atomic E-state index is 0.709. The Hall–Kier alpha value is -1.62. The van der Waals surface area contributed by atoms with E-state index in [4.69, 9.17) is 16.3 Å². The molecule has 0 amide bonds. The van der Waals surface area contributed by atoms with Gasteiger partial charge in [0.1, 0.15) is 17.4 Å². The lowest BCUT2D eigenvalue weighted by atomic mass is 10.2. The Balaban J connectivity index is 1.67. The van der Waals surface area contributed by atoms with Crippen molar-refractivity contribution in [1.29, 1.82) is 0 Å². The van der Waals surface area contributed by atoms with Crippen LogP contribution in [0.2, 0.25) is 5.02 Å². The van der Waals surface area contributed by atoms with Gasteiger partial charge in [-0.25, -0.2) is 4.98 Å². The van der Waals surface area contributed by atoms with Crippen molar-refractivity contribution in [3.63, 3.8) is 0 Å². The number of likely N-dealkylation sites (N-methyl/N-ethyl adjacent to an activating group) is 1. The predicted molar refractivity (Wildman–Crippen MR) is 103 cm³/mol. The van der Waals surface area contributed by atoms with Crippen molar-refractivity contribution in [1.82, 2.24) is 9.88 Å². The van der Waals surface area contributed by atoms with Crippen molar-refractivity contribution in [2.75, 3.05) is 26.2 Å². The van der Waals surface area contributed by atoms with Crippen molar-refractivity contribution < 1.29 is 4.74 Å². The third-order valence-corrected chi connectivity index (χ3v) is 5.32. The highest BCUT2D eigenvalue weighted by Crippen LogP contribution is 2.32. The van der Waals surface area contributed by atoms with Gasteiger partial charge >= 0.3 is 0 Å². The van der Waals surface area contributed by atoms with Gasteiger partial charge in [-0.3, -0.25) is 0 Å². The van der Waals surface area contributed by atoms with Gasteiger partial charge < -0.3 is 9.64 Å². The zero-order chi connectivity index (χ0) is 16.9. The number of hydrogen-bond acceptors (Lipinski definition) is 4. The van der Waals surface area contributed by atoms with E-state index in [2.05, 4.69) is 35.9 Å². The molecular formula is C19H21ClN2OS. The lowest BCUT2D eigenvalue weighted by Gasteiger charge is -2.18. The van der Waals surface area contributed by atoms with Gasteiger partial charge in [-0.2, -0.15) is 0 Å². The molecule has 3 aromatic rings. The fraction of sp³-hybridized carbons (Fsp3) is 0.316. The Morgan fingerprint density at radius 1 is 1.08 bits per heavy atom. The second kappa shape index (κ2) is 7.97. The molecule has 24 heavy (non-hydrogen) atoms. The van der Waals surface area contributed by atoms with Gasteiger partial charge in [0.2, 0.25) is 0 Å².